The molecule has 1 aromatic heterocycles. The molecular weight excluding hydrogens is 366 g/mol. The quantitative estimate of drug-likeness (QED) is 0.665. The maximum Gasteiger partial charge on any atom is 0.248 e. The number of halogens is 1. The average Bonchev–Trinajstić information content (AvgIpc) is 3.26. The van der Waals surface area contributed by atoms with Crippen LogP contribution in [0, 0.1) is 0 Å². The van der Waals surface area contributed by atoms with Gasteiger partial charge in [0.15, 0.2) is 0 Å². The minimum Gasteiger partial charge on any atom is -0.419 e. The molecule has 1 aliphatic heterocycles. The van der Waals surface area contributed by atoms with Crippen LogP contribution < -0.4 is 0 Å². The second kappa shape index (κ2) is 6.87. The van der Waals surface area contributed by atoms with Crippen molar-refractivity contribution < 1.29 is 4.42 Å². The highest BCUT2D eigenvalue weighted by molar-refractivity contribution is 9.10. The zero-order valence-electron chi connectivity index (χ0n) is 13.2. The van der Waals surface area contributed by atoms with Gasteiger partial charge in [-0.25, -0.2) is 0 Å². The largest absolute Gasteiger partial charge is 0.419 e. The zero-order chi connectivity index (χ0) is 16.4. The minimum absolute atomic E-state index is 0.566. The lowest BCUT2D eigenvalue weighted by molar-refractivity contribution is 0.289. The molecule has 2 heterocycles. The van der Waals surface area contributed by atoms with Gasteiger partial charge in [0.05, 0.1) is 12.1 Å². The number of likely N-dealkylation sites (tertiary alicyclic amines) is 1. The maximum absolute atomic E-state index is 5.86. The smallest absolute Gasteiger partial charge is 0.248 e. The van der Waals surface area contributed by atoms with Gasteiger partial charge in [-0.3, -0.25) is 4.90 Å². The molecule has 122 valence electrons. The molecule has 2 aromatic carbocycles. The number of hydrogen-bond acceptors (Lipinski definition) is 4. The number of nitrogens with zero attached hydrogens (tertiary/aromatic N) is 3. The van der Waals surface area contributed by atoms with Crippen LogP contribution in [0.2, 0.25) is 0 Å². The van der Waals surface area contributed by atoms with Gasteiger partial charge >= 0.3 is 0 Å². The second-order valence-corrected chi connectivity index (χ2v) is 6.97. The summed E-state index contributed by atoms with van der Waals surface area (Å²) in [6, 6.07) is 18.6. The Kier molecular flexibility index (Phi) is 4.45. The van der Waals surface area contributed by atoms with E-state index in [4.69, 9.17) is 4.42 Å². The molecule has 3 aromatic rings. The van der Waals surface area contributed by atoms with Gasteiger partial charge in [-0.05, 0) is 52.5 Å². The van der Waals surface area contributed by atoms with Crippen LogP contribution in [0.25, 0.3) is 11.5 Å². The normalized spacial score (nSPS) is 18.1. The molecule has 1 atom stereocenters. The van der Waals surface area contributed by atoms with E-state index in [0.29, 0.717) is 24.2 Å². The molecule has 4 rings (SSSR count). The van der Waals surface area contributed by atoms with Crippen LogP contribution in [0.4, 0.5) is 0 Å². The van der Waals surface area contributed by atoms with Crippen molar-refractivity contribution in [3.63, 3.8) is 0 Å². The number of benzene rings is 2. The van der Waals surface area contributed by atoms with Crippen molar-refractivity contribution in [3.05, 3.63) is 70.5 Å². The molecule has 1 aliphatic rings. The summed E-state index contributed by atoms with van der Waals surface area (Å²) in [5.74, 6) is 1.84. The molecule has 0 bridgehead atoms. The predicted octanol–water partition coefficient (Wildman–Crippen LogP) is 4.49. The van der Waals surface area contributed by atoms with E-state index in [1.54, 1.807) is 0 Å². The fourth-order valence-electron chi connectivity index (χ4n) is 3.23. The lowest BCUT2D eigenvalue weighted by Crippen LogP contribution is -2.19. The van der Waals surface area contributed by atoms with Gasteiger partial charge in [-0.15, -0.1) is 10.2 Å². The van der Waals surface area contributed by atoms with E-state index >= 15 is 0 Å². The Balaban J connectivity index is 1.43. The number of aromatic nitrogens is 2. The maximum atomic E-state index is 5.86. The third-order valence-electron chi connectivity index (χ3n) is 4.47. The molecule has 0 saturated carbocycles. The van der Waals surface area contributed by atoms with E-state index in [2.05, 4.69) is 61.4 Å². The van der Waals surface area contributed by atoms with Crippen LogP contribution in [0.15, 0.2) is 63.5 Å². The van der Waals surface area contributed by atoms with Crippen molar-refractivity contribution in [2.24, 2.45) is 0 Å². The molecular formula is C19H18BrN3O. The summed E-state index contributed by atoms with van der Waals surface area (Å²) in [6.45, 7) is 2.81. The van der Waals surface area contributed by atoms with Crippen LogP contribution in [-0.2, 0) is 6.54 Å². The van der Waals surface area contributed by atoms with E-state index < -0.39 is 0 Å². The highest BCUT2D eigenvalue weighted by atomic mass is 79.9. The van der Waals surface area contributed by atoms with Crippen LogP contribution in [-0.4, -0.2) is 28.2 Å². The summed E-state index contributed by atoms with van der Waals surface area (Å²) in [6.07, 6.45) is 1.18. The molecule has 4 nitrogen and oxygen atoms in total. The van der Waals surface area contributed by atoms with Gasteiger partial charge in [0.2, 0.25) is 11.8 Å². The van der Waals surface area contributed by atoms with Crippen molar-refractivity contribution >= 4 is 15.9 Å². The minimum atomic E-state index is 0.566. The summed E-state index contributed by atoms with van der Waals surface area (Å²) in [5.41, 5.74) is 2.35. The highest BCUT2D eigenvalue weighted by Gasteiger charge is 2.25. The zero-order valence-corrected chi connectivity index (χ0v) is 14.8. The summed E-state index contributed by atoms with van der Waals surface area (Å²) in [5, 5.41) is 8.41. The van der Waals surface area contributed by atoms with Crippen molar-refractivity contribution in [1.29, 1.82) is 0 Å². The second-order valence-electron chi connectivity index (χ2n) is 6.11. The molecule has 5 heteroatoms. The molecule has 0 amide bonds. The van der Waals surface area contributed by atoms with Gasteiger partial charge in [0.25, 0.3) is 0 Å². The van der Waals surface area contributed by atoms with E-state index in [0.717, 1.165) is 23.1 Å². The Morgan fingerprint density at radius 3 is 2.67 bits per heavy atom. The molecule has 1 saturated heterocycles. The average molecular weight is 384 g/mol. The molecule has 0 N–H and O–H groups in total. The van der Waals surface area contributed by atoms with E-state index in [1.165, 1.54) is 12.0 Å². The standard InChI is InChI=1S/C19H18BrN3O/c20-17-9-5-4-8-16(17)19-22-21-18(24-19)13-23-11-10-15(12-23)14-6-2-1-3-7-14/h1-9,15H,10-13H2. The first-order chi connectivity index (χ1) is 11.8. The molecule has 0 radical (unpaired) electrons. The molecule has 1 fully saturated rings. The summed E-state index contributed by atoms with van der Waals surface area (Å²) in [7, 11) is 0. The van der Waals surface area contributed by atoms with Crippen LogP contribution in [0.3, 0.4) is 0 Å². The Hall–Kier alpha value is -1.98. The number of hydrogen-bond donors (Lipinski definition) is 0. The fourth-order valence-corrected chi connectivity index (χ4v) is 3.68. The van der Waals surface area contributed by atoms with E-state index in [1.807, 2.05) is 24.3 Å². The summed E-state index contributed by atoms with van der Waals surface area (Å²) in [4.78, 5) is 2.38. The van der Waals surface area contributed by atoms with Crippen LogP contribution in [0.5, 0.6) is 0 Å². The summed E-state index contributed by atoms with van der Waals surface area (Å²) >= 11 is 3.53. The Morgan fingerprint density at radius 1 is 1.04 bits per heavy atom. The van der Waals surface area contributed by atoms with Gasteiger partial charge in [0.1, 0.15) is 0 Å². The van der Waals surface area contributed by atoms with Gasteiger partial charge in [0, 0.05) is 11.0 Å². The first kappa shape index (κ1) is 15.5. The molecule has 0 spiro atoms. The SMILES string of the molecule is Brc1ccccc1-c1nnc(CN2CCC(c3ccccc3)C2)o1. The molecule has 1 unspecified atom stereocenters. The molecule has 24 heavy (non-hydrogen) atoms. The Bertz CT molecular complexity index is 818. The summed E-state index contributed by atoms with van der Waals surface area (Å²) < 4.78 is 6.82. The lowest BCUT2D eigenvalue weighted by atomic mass is 9.99. The third kappa shape index (κ3) is 3.28. The van der Waals surface area contributed by atoms with Crippen molar-refractivity contribution in [1.82, 2.24) is 15.1 Å². The first-order valence-corrected chi connectivity index (χ1v) is 8.93. The van der Waals surface area contributed by atoms with E-state index in [9.17, 15) is 0 Å². The third-order valence-corrected chi connectivity index (χ3v) is 5.16. The van der Waals surface area contributed by atoms with Crippen LogP contribution >= 0.6 is 15.9 Å². The van der Waals surface area contributed by atoms with Crippen molar-refractivity contribution in [3.8, 4) is 11.5 Å². The lowest BCUT2D eigenvalue weighted by Gasteiger charge is -2.13. The highest BCUT2D eigenvalue weighted by Crippen LogP contribution is 2.29. The van der Waals surface area contributed by atoms with Gasteiger partial charge < -0.3 is 4.42 Å². The Morgan fingerprint density at radius 2 is 1.83 bits per heavy atom. The van der Waals surface area contributed by atoms with E-state index in [-0.39, 0.29) is 0 Å². The predicted molar refractivity (Wildman–Crippen MR) is 96.5 cm³/mol. The molecule has 0 aliphatic carbocycles. The topological polar surface area (TPSA) is 42.2 Å². The fraction of sp³-hybridized carbons (Fsp3) is 0.263. The first-order valence-electron chi connectivity index (χ1n) is 8.14. The monoisotopic (exact) mass is 383 g/mol. The number of rotatable bonds is 4. The van der Waals surface area contributed by atoms with Crippen molar-refractivity contribution in [2.45, 2.75) is 18.9 Å². The van der Waals surface area contributed by atoms with Gasteiger partial charge in [-0.1, -0.05) is 42.5 Å². The Labute approximate surface area is 149 Å². The van der Waals surface area contributed by atoms with Crippen LogP contribution in [0.1, 0.15) is 23.8 Å². The van der Waals surface area contributed by atoms with Gasteiger partial charge in [-0.2, -0.15) is 0 Å². The van der Waals surface area contributed by atoms with Crippen molar-refractivity contribution in [2.75, 3.05) is 13.1 Å².